The van der Waals surface area contributed by atoms with Crippen molar-refractivity contribution in [3.8, 4) is 11.5 Å². The quantitative estimate of drug-likeness (QED) is 0.703. The monoisotopic (exact) mass is 355 g/mol. The van der Waals surface area contributed by atoms with Crippen LogP contribution < -0.4 is 14.8 Å². The third-order valence-corrected chi connectivity index (χ3v) is 3.43. The van der Waals surface area contributed by atoms with Crippen LogP contribution in [0.1, 0.15) is 29.8 Å². The van der Waals surface area contributed by atoms with Gasteiger partial charge in [0.2, 0.25) is 5.91 Å². The number of ether oxygens (including phenoxy) is 2. The number of amides is 1. The van der Waals surface area contributed by atoms with Gasteiger partial charge in [-0.3, -0.25) is 4.79 Å². The van der Waals surface area contributed by atoms with Gasteiger partial charge in [0.1, 0.15) is 11.5 Å². The normalized spacial score (nSPS) is 10.5. The Hall–Kier alpha value is -3.28. The highest BCUT2D eigenvalue weighted by Crippen LogP contribution is 2.26. The Morgan fingerprint density at radius 2 is 1.81 bits per heavy atom. The number of hydrogen-bond acceptors (Lipinski definition) is 4. The molecule has 0 unspecified atom stereocenters. The maximum absolute atomic E-state index is 12.1. The Labute approximate surface area is 152 Å². The average molecular weight is 355 g/mol. The van der Waals surface area contributed by atoms with Gasteiger partial charge in [-0.1, -0.05) is 12.1 Å². The number of rotatable bonds is 8. The summed E-state index contributed by atoms with van der Waals surface area (Å²) >= 11 is 0. The second-order valence-electron chi connectivity index (χ2n) is 5.24. The lowest BCUT2D eigenvalue weighted by Gasteiger charge is -2.10. The molecule has 2 rings (SSSR count). The maximum atomic E-state index is 12.1. The lowest BCUT2D eigenvalue weighted by Crippen LogP contribution is -2.11. The van der Waals surface area contributed by atoms with E-state index in [-0.39, 0.29) is 11.3 Å². The number of aromatic carboxylic acids is 1. The Balaban J connectivity index is 2.16. The summed E-state index contributed by atoms with van der Waals surface area (Å²) in [6.45, 7) is 4.80. The summed E-state index contributed by atoms with van der Waals surface area (Å²) < 4.78 is 11.0. The van der Waals surface area contributed by atoms with Crippen molar-refractivity contribution < 1.29 is 24.2 Å². The first-order valence-electron chi connectivity index (χ1n) is 8.26. The molecule has 0 aliphatic carbocycles. The van der Waals surface area contributed by atoms with Crippen molar-refractivity contribution in [2.75, 3.05) is 18.5 Å². The number of carboxylic acid groups (broad SMARTS) is 1. The van der Waals surface area contributed by atoms with Gasteiger partial charge in [-0.2, -0.15) is 0 Å². The van der Waals surface area contributed by atoms with Crippen LogP contribution in [0.25, 0.3) is 6.08 Å². The van der Waals surface area contributed by atoms with Crippen molar-refractivity contribution in [2.24, 2.45) is 0 Å². The Morgan fingerprint density at radius 3 is 2.50 bits per heavy atom. The zero-order valence-electron chi connectivity index (χ0n) is 14.7. The Kier molecular flexibility index (Phi) is 6.79. The summed E-state index contributed by atoms with van der Waals surface area (Å²) in [6, 6.07) is 11.6. The lowest BCUT2D eigenvalue weighted by molar-refractivity contribution is -0.111. The van der Waals surface area contributed by atoms with E-state index in [1.807, 2.05) is 13.8 Å². The molecule has 0 radical (unpaired) electrons. The van der Waals surface area contributed by atoms with E-state index in [1.165, 1.54) is 18.2 Å². The molecule has 1 amide bonds. The fraction of sp³-hybridized carbons (Fsp3) is 0.200. The van der Waals surface area contributed by atoms with Gasteiger partial charge in [0.05, 0.1) is 24.5 Å². The average Bonchev–Trinajstić information content (AvgIpc) is 2.62. The second kappa shape index (κ2) is 9.27. The standard InChI is InChI=1S/C20H21NO5/c1-3-25-15-11-9-14(18(13-15)26-4-2)10-12-19(22)21-17-8-6-5-7-16(17)20(23)24/h5-13H,3-4H2,1-2H3,(H,21,22)(H,23,24)/b12-10+. The summed E-state index contributed by atoms with van der Waals surface area (Å²) in [5.41, 5.74) is 0.994. The van der Waals surface area contributed by atoms with Crippen LogP contribution >= 0.6 is 0 Å². The van der Waals surface area contributed by atoms with Crippen LogP contribution in [0.3, 0.4) is 0 Å². The van der Waals surface area contributed by atoms with Crippen molar-refractivity contribution in [3.05, 3.63) is 59.7 Å². The molecule has 0 saturated carbocycles. The SMILES string of the molecule is CCOc1ccc(/C=C/C(=O)Nc2ccccc2C(=O)O)c(OCC)c1. The summed E-state index contributed by atoms with van der Waals surface area (Å²) in [5, 5.41) is 11.7. The molecule has 6 heteroatoms. The van der Waals surface area contributed by atoms with Crippen molar-refractivity contribution >= 4 is 23.6 Å². The summed E-state index contributed by atoms with van der Waals surface area (Å²) in [5.74, 6) is -0.244. The third-order valence-electron chi connectivity index (χ3n) is 3.43. The van der Waals surface area contributed by atoms with Gasteiger partial charge < -0.3 is 19.9 Å². The highest BCUT2D eigenvalue weighted by atomic mass is 16.5. The molecule has 0 atom stereocenters. The molecule has 26 heavy (non-hydrogen) atoms. The van der Waals surface area contributed by atoms with Gasteiger partial charge >= 0.3 is 5.97 Å². The smallest absolute Gasteiger partial charge is 0.337 e. The molecule has 2 N–H and O–H groups in total. The molecular formula is C20H21NO5. The summed E-state index contributed by atoms with van der Waals surface area (Å²) in [4.78, 5) is 23.3. The molecule has 0 aromatic heterocycles. The first-order chi connectivity index (χ1) is 12.5. The number of nitrogens with one attached hydrogen (secondary N) is 1. The van der Waals surface area contributed by atoms with Gasteiger partial charge in [0.25, 0.3) is 0 Å². The van der Waals surface area contributed by atoms with Crippen LogP contribution in [0.5, 0.6) is 11.5 Å². The fourth-order valence-corrected chi connectivity index (χ4v) is 2.31. The maximum Gasteiger partial charge on any atom is 0.337 e. The number of para-hydroxylation sites is 1. The third kappa shape index (κ3) is 5.11. The van der Waals surface area contributed by atoms with Gasteiger partial charge in [0, 0.05) is 17.7 Å². The van der Waals surface area contributed by atoms with Gasteiger partial charge in [-0.25, -0.2) is 4.79 Å². The van der Waals surface area contributed by atoms with E-state index in [9.17, 15) is 9.59 Å². The molecular weight excluding hydrogens is 334 g/mol. The van der Waals surface area contributed by atoms with E-state index in [2.05, 4.69) is 5.32 Å². The van der Waals surface area contributed by atoms with E-state index < -0.39 is 11.9 Å². The first kappa shape index (κ1) is 19.1. The van der Waals surface area contributed by atoms with E-state index in [1.54, 1.807) is 36.4 Å². The van der Waals surface area contributed by atoms with E-state index >= 15 is 0 Å². The van der Waals surface area contributed by atoms with Crippen LogP contribution in [0.15, 0.2) is 48.5 Å². The molecule has 0 spiro atoms. The Morgan fingerprint density at radius 1 is 1.08 bits per heavy atom. The number of carbonyl (C=O) groups excluding carboxylic acids is 1. The van der Waals surface area contributed by atoms with Crippen LogP contribution in [0.2, 0.25) is 0 Å². The first-order valence-corrected chi connectivity index (χ1v) is 8.26. The lowest BCUT2D eigenvalue weighted by atomic mass is 10.1. The van der Waals surface area contributed by atoms with Crippen LogP contribution in [0.4, 0.5) is 5.69 Å². The molecule has 0 bridgehead atoms. The van der Waals surface area contributed by atoms with Crippen LogP contribution in [-0.2, 0) is 4.79 Å². The highest BCUT2D eigenvalue weighted by molar-refractivity contribution is 6.06. The molecule has 0 heterocycles. The number of benzene rings is 2. The second-order valence-corrected chi connectivity index (χ2v) is 5.24. The van der Waals surface area contributed by atoms with E-state index in [0.29, 0.717) is 24.7 Å². The van der Waals surface area contributed by atoms with Gasteiger partial charge in [-0.15, -0.1) is 0 Å². The van der Waals surface area contributed by atoms with Crippen LogP contribution in [0, 0.1) is 0 Å². The van der Waals surface area contributed by atoms with E-state index in [0.717, 1.165) is 5.56 Å². The zero-order chi connectivity index (χ0) is 18.9. The highest BCUT2D eigenvalue weighted by Gasteiger charge is 2.10. The molecule has 0 aliphatic rings. The van der Waals surface area contributed by atoms with Crippen molar-refractivity contribution in [2.45, 2.75) is 13.8 Å². The summed E-state index contributed by atoms with van der Waals surface area (Å²) in [6.07, 6.45) is 2.94. The molecule has 0 saturated heterocycles. The number of carbonyl (C=O) groups is 2. The van der Waals surface area contributed by atoms with Gasteiger partial charge in [0.15, 0.2) is 0 Å². The number of anilines is 1. The molecule has 2 aromatic rings. The molecule has 6 nitrogen and oxygen atoms in total. The van der Waals surface area contributed by atoms with Crippen molar-refractivity contribution in [1.82, 2.24) is 0 Å². The minimum Gasteiger partial charge on any atom is -0.494 e. The molecule has 0 aliphatic heterocycles. The predicted molar refractivity (Wildman–Crippen MR) is 99.8 cm³/mol. The molecule has 0 fully saturated rings. The number of carboxylic acids is 1. The zero-order valence-corrected chi connectivity index (χ0v) is 14.7. The Bertz CT molecular complexity index is 814. The minimum absolute atomic E-state index is 0.0327. The number of hydrogen-bond donors (Lipinski definition) is 2. The fourth-order valence-electron chi connectivity index (χ4n) is 2.31. The van der Waals surface area contributed by atoms with E-state index in [4.69, 9.17) is 14.6 Å². The largest absolute Gasteiger partial charge is 0.494 e. The minimum atomic E-state index is -1.10. The van der Waals surface area contributed by atoms with Crippen LogP contribution in [-0.4, -0.2) is 30.2 Å². The summed E-state index contributed by atoms with van der Waals surface area (Å²) in [7, 11) is 0. The van der Waals surface area contributed by atoms with Gasteiger partial charge in [-0.05, 0) is 44.2 Å². The van der Waals surface area contributed by atoms with Crippen molar-refractivity contribution in [1.29, 1.82) is 0 Å². The molecule has 136 valence electrons. The predicted octanol–water partition coefficient (Wildman–Crippen LogP) is 3.83. The molecule has 2 aromatic carbocycles. The topological polar surface area (TPSA) is 84.9 Å². The van der Waals surface area contributed by atoms with Crippen molar-refractivity contribution in [3.63, 3.8) is 0 Å².